The molecule has 0 saturated carbocycles. The van der Waals surface area contributed by atoms with Gasteiger partial charge in [0.25, 0.3) is 0 Å². The smallest absolute Gasteiger partial charge is 0.129 e. The van der Waals surface area contributed by atoms with Crippen LogP contribution in [0.5, 0.6) is 0 Å². The molecule has 0 aliphatic carbocycles. The lowest BCUT2D eigenvalue weighted by molar-refractivity contribution is 0.183. The van der Waals surface area contributed by atoms with Crippen molar-refractivity contribution in [1.29, 1.82) is 0 Å². The molecule has 4 heteroatoms. The minimum atomic E-state index is -0.216. The highest BCUT2D eigenvalue weighted by molar-refractivity contribution is 5.30. The van der Waals surface area contributed by atoms with Gasteiger partial charge in [0.2, 0.25) is 0 Å². The molecule has 13 heavy (non-hydrogen) atoms. The minimum absolute atomic E-state index is 0.216. The van der Waals surface area contributed by atoms with E-state index in [0.29, 0.717) is 0 Å². The third-order valence-electron chi connectivity index (χ3n) is 1.69. The summed E-state index contributed by atoms with van der Waals surface area (Å²) in [6, 6.07) is 1.82. The van der Waals surface area contributed by atoms with Gasteiger partial charge in [0.1, 0.15) is 12.1 Å². The SMILES string of the molecule is CC(O)CCCNc1ccncn1. The molecule has 1 heterocycles. The first-order valence-electron chi connectivity index (χ1n) is 4.47. The Bertz CT molecular complexity index is 226. The fourth-order valence-electron chi connectivity index (χ4n) is 1.01. The Hall–Kier alpha value is -1.16. The normalized spacial score (nSPS) is 12.5. The van der Waals surface area contributed by atoms with E-state index in [1.165, 1.54) is 6.33 Å². The molecule has 0 fully saturated rings. The fraction of sp³-hybridized carbons (Fsp3) is 0.556. The molecule has 0 aliphatic heterocycles. The first kappa shape index (κ1) is 9.92. The van der Waals surface area contributed by atoms with Crippen molar-refractivity contribution in [1.82, 2.24) is 9.97 Å². The van der Waals surface area contributed by atoms with Crippen molar-refractivity contribution in [3.05, 3.63) is 18.6 Å². The molecule has 1 rings (SSSR count). The average Bonchev–Trinajstić information content (AvgIpc) is 2.14. The Morgan fingerprint density at radius 1 is 1.62 bits per heavy atom. The van der Waals surface area contributed by atoms with E-state index in [1.54, 1.807) is 13.1 Å². The zero-order valence-electron chi connectivity index (χ0n) is 7.77. The highest BCUT2D eigenvalue weighted by atomic mass is 16.3. The highest BCUT2D eigenvalue weighted by Crippen LogP contribution is 2.00. The van der Waals surface area contributed by atoms with E-state index in [4.69, 9.17) is 5.11 Å². The van der Waals surface area contributed by atoms with E-state index in [0.717, 1.165) is 25.2 Å². The van der Waals surface area contributed by atoms with Gasteiger partial charge in [-0.25, -0.2) is 9.97 Å². The van der Waals surface area contributed by atoms with E-state index < -0.39 is 0 Å². The second kappa shape index (κ2) is 5.48. The molecule has 0 aromatic carbocycles. The Balaban J connectivity index is 2.13. The number of rotatable bonds is 5. The van der Waals surface area contributed by atoms with Crippen LogP contribution in [0, 0.1) is 0 Å². The van der Waals surface area contributed by atoms with E-state index in [9.17, 15) is 0 Å². The molecule has 0 amide bonds. The van der Waals surface area contributed by atoms with Gasteiger partial charge in [0.15, 0.2) is 0 Å². The lowest BCUT2D eigenvalue weighted by atomic mass is 10.2. The Labute approximate surface area is 78.0 Å². The summed E-state index contributed by atoms with van der Waals surface area (Å²) in [4.78, 5) is 7.82. The van der Waals surface area contributed by atoms with Crippen LogP contribution in [-0.4, -0.2) is 27.7 Å². The number of aliphatic hydroxyl groups excluding tert-OH is 1. The Morgan fingerprint density at radius 3 is 3.08 bits per heavy atom. The summed E-state index contributed by atoms with van der Waals surface area (Å²) in [5.74, 6) is 0.834. The van der Waals surface area contributed by atoms with Crippen molar-refractivity contribution in [2.75, 3.05) is 11.9 Å². The third kappa shape index (κ3) is 4.42. The summed E-state index contributed by atoms with van der Waals surface area (Å²) >= 11 is 0. The predicted octanol–water partition coefficient (Wildman–Crippen LogP) is 1.05. The molecule has 2 N–H and O–H groups in total. The summed E-state index contributed by atoms with van der Waals surface area (Å²) in [5, 5.41) is 12.1. The van der Waals surface area contributed by atoms with Crippen molar-refractivity contribution >= 4 is 5.82 Å². The molecular formula is C9H15N3O. The maximum atomic E-state index is 9.00. The third-order valence-corrected chi connectivity index (χ3v) is 1.69. The Kier molecular flexibility index (Phi) is 4.18. The van der Waals surface area contributed by atoms with Gasteiger partial charge in [-0.3, -0.25) is 0 Å². The maximum Gasteiger partial charge on any atom is 0.129 e. The van der Waals surface area contributed by atoms with Gasteiger partial charge in [0, 0.05) is 12.7 Å². The highest BCUT2D eigenvalue weighted by Gasteiger charge is 1.95. The topological polar surface area (TPSA) is 58.0 Å². The number of nitrogens with zero attached hydrogens (tertiary/aromatic N) is 2. The van der Waals surface area contributed by atoms with E-state index in [1.807, 2.05) is 6.07 Å². The van der Waals surface area contributed by atoms with Crippen LogP contribution in [0.15, 0.2) is 18.6 Å². The largest absolute Gasteiger partial charge is 0.393 e. The first-order valence-corrected chi connectivity index (χ1v) is 4.47. The van der Waals surface area contributed by atoms with E-state index in [-0.39, 0.29) is 6.10 Å². The number of aliphatic hydroxyl groups is 1. The van der Waals surface area contributed by atoms with Crippen LogP contribution in [-0.2, 0) is 0 Å². The molecule has 0 spiro atoms. The lowest BCUT2D eigenvalue weighted by Crippen LogP contribution is -2.07. The molecule has 4 nitrogen and oxygen atoms in total. The van der Waals surface area contributed by atoms with Crippen LogP contribution in [0.1, 0.15) is 19.8 Å². The van der Waals surface area contributed by atoms with Gasteiger partial charge in [-0.15, -0.1) is 0 Å². The second-order valence-corrected chi connectivity index (χ2v) is 3.01. The molecule has 0 radical (unpaired) electrons. The first-order chi connectivity index (χ1) is 6.29. The molecule has 1 aromatic heterocycles. The molecule has 1 atom stereocenters. The van der Waals surface area contributed by atoms with E-state index in [2.05, 4.69) is 15.3 Å². The number of nitrogens with one attached hydrogen (secondary N) is 1. The van der Waals surface area contributed by atoms with Gasteiger partial charge in [-0.05, 0) is 25.8 Å². The van der Waals surface area contributed by atoms with Crippen molar-refractivity contribution < 1.29 is 5.11 Å². The number of hydrogen-bond acceptors (Lipinski definition) is 4. The van der Waals surface area contributed by atoms with Gasteiger partial charge >= 0.3 is 0 Å². The van der Waals surface area contributed by atoms with Crippen molar-refractivity contribution in [3.63, 3.8) is 0 Å². The van der Waals surface area contributed by atoms with Gasteiger partial charge in [0.05, 0.1) is 6.10 Å². The zero-order valence-corrected chi connectivity index (χ0v) is 7.77. The predicted molar refractivity (Wildman–Crippen MR) is 51.4 cm³/mol. The monoisotopic (exact) mass is 181 g/mol. The second-order valence-electron chi connectivity index (χ2n) is 3.01. The van der Waals surface area contributed by atoms with Crippen LogP contribution in [0.25, 0.3) is 0 Å². The number of anilines is 1. The molecular weight excluding hydrogens is 166 g/mol. The minimum Gasteiger partial charge on any atom is -0.393 e. The van der Waals surface area contributed by atoms with Crippen molar-refractivity contribution in [2.45, 2.75) is 25.9 Å². The van der Waals surface area contributed by atoms with Crippen LogP contribution < -0.4 is 5.32 Å². The summed E-state index contributed by atoms with van der Waals surface area (Å²) < 4.78 is 0. The zero-order chi connectivity index (χ0) is 9.52. The summed E-state index contributed by atoms with van der Waals surface area (Å²) in [6.45, 7) is 2.63. The van der Waals surface area contributed by atoms with E-state index >= 15 is 0 Å². The van der Waals surface area contributed by atoms with Crippen molar-refractivity contribution in [2.24, 2.45) is 0 Å². The molecule has 72 valence electrons. The summed E-state index contributed by atoms with van der Waals surface area (Å²) in [5.41, 5.74) is 0. The summed E-state index contributed by atoms with van der Waals surface area (Å²) in [6.07, 6.45) is 4.76. The Morgan fingerprint density at radius 2 is 2.46 bits per heavy atom. The fourth-order valence-corrected chi connectivity index (χ4v) is 1.01. The molecule has 0 aliphatic rings. The number of hydrogen-bond donors (Lipinski definition) is 2. The van der Waals surface area contributed by atoms with Crippen LogP contribution in [0.3, 0.4) is 0 Å². The molecule has 1 unspecified atom stereocenters. The van der Waals surface area contributed by atoms with Crippen LogP contribution >= 0.6 is 0 Å². The molecule has 0 bridgehead atoms. The molecule has 0 saturated heterocycles. The van der Waals surface area contributed by atoms with Gasteiger partial charge < -0.3 is 10.4 Å². The quantitative estimate of drug-likeness (QED) is 0.667. The summed E-state index contributed by atoms with van der Waals surface area (Å²) in [7, 11) is 0. The standard InChI is InChI=1S/C9H15N3O/c1-8(13)3-2-5-11-9-4-6-10-7-12-9/h4,6-8,13H,2-3,5H2,1H3,(H,10,11,12). The maximum absolute atomic E-state index is 9.00. The van der Waals surface area contributed by atoms with Gasteiger partial charge in [-0.1, -0.05) is 0 Å². The van der Waals surface area contributed by atoms with Crippen LogP contribution in [0.4, 0.5) is 5.82 Å². The number of aromatic nitrogens is 2. The van der Waals surface area contributed by atoms with Crippen molar-refractivity contribution in [3.8, 4) is 0 Å². The van der Waals surface area contributed by atoms with Gasteiger partial charge in [-0.2, -0.15) is 0 Å². The molecule has 1 aromatic rings. The van der Waals surface area contributed by atoms with Crippen LogP contribution in [0.2, 0.25) is 0 Å². The lowest BCUT2D eigenvalue weighted by Gasteiger charge is -2.05. The average molecular weight is 181 g/mol.